The number of nitrogens with zero attached hydrogens (tertiary/aromatic N) is 1. The Bertz CT molecular complexity index is 937. The van der Waals surface area contributed by atoms with Crippen molar-refractivity contribution in [1.82, 2.24) is 4.98 Å². The number of anilines is 1. The van der Waals surface area contributed by atoms with Crippen molar-refractivity contribution in [2.24, 2.45) is 0 Å². The Morgan fingerprint density at radius 3 is 2.88 bits per heavy atom. The topological polar surface area (TPSA) is 51.2 Å². The minimum atomic E-state index is -0.400. The number of hydrogen-bond donors (Lipinski definition) is 1. The number of carbonyl (C=O) groups is 1. The van der Waals surface area contributed by atoms with Gasteiger partial charge in [0.1, 0.15) is 18.2 Å². The van der Waals surface area contributed by atoms with Gasteiger partial charge in [0, 0.05) is 22.7 Å². The van der Waals surface area contributed by atoms with E-state index >= 15 is 0 Å². The standard InChI is InChI=1S/C20H17FN2O2S/c1-14-22-18(13-26-14)12-25-19-8-3-2-5-15(19)9-10-20(24)23-17-7-4-6-16(21)11-17/h2-11,13H,12H2,1H3,(H,23,24)/b10-9+. The highest BCUT2D eigenvalue weighted by Gasteiger charge is 2.04. The summed E-state index contributed by atoms with van der Waals surface area (Å²) in [7, 11) is 0. The van der Waals surface area contributed by atoms with Crippen molar-refractivity contribution < 1.29 is 13.9 Å². The molecule has 0 aliphatic heterocycles. The molecule has 2 aromatic carbocycles. The number of thiazole rings is 1. The molecule has 0 radical (unpaired) electrons. The first-order chi connectivity index (χ1) is 12.6. The molecule has 0 unspecified atom stereocenters. The highest BCUT2D eigenvalue weighted by Crippen LogP contribution is 2.21. The van der Waals surface area contributed by atoms with Crippen molar-refractivity contribution in [2.75, 3.05) is 5.32 Å². The van der Waals surface area contributed by atoms with Crippen LogP contribution >= 0.6 is 11.3 Å². The minimum absolute atomic E-state index is 0.347. The zero-order chi connectivity index (χ0) is 18.4. The number of amides is 1. The number of carbonyl (C=O) groups excluding carboxylic acids is 1. The van der Waals surface area contributed by atoms with E-state index in [1.807, 2.05) is 36.6 Å². The third-order valence-electron chi connectivity index (χ3n) is 3.47. The van der Waals surface area contributed by atoms with Gasteiger partial charge < -0.3 is 10.1 Å². The summed E-state index contributed by atoms with van der Waals surface area (Å²) in [5.74, 6) is -0.0868. The lowest BCUT2D eigenvalue weighted by Gasteiger charge is -2.08. The highest BCUT2D eigenvalue weighted by atomic mass is 32.1. The van der Waals surface area contributed by atoms with Gasteiger partial charge in [0.15, 0.2) is 0 Å². The molecular formula is C20H17FN2O2S. The van der Waals surface area contributed by atoms with E-state index in [0.29, 0.717) is 18.0 Å². The summed E-state index contributed by atoms with van der Waals surface area (Å²) < 4.78 is 19.0. The van der Waals surface area contributed by atoms with Crippen LogP contribution in [0.1, 0.15) is 16.3 Å². The van der Waals surface area contributed by atoms with Gasteiger partial charge in [0.05, 0.1) is 10.7 Å². The first-order valence-electron chi connectivity index (χ1n) is 7.97. The van der Waals surface area contributed by atoms with Gasteiger partial charge in [-0.25, -0.2) is 9.37 Å². The fourth-order valence-corrected chi connectivity index (χ4v) is 2.89. The molecule has 0 saturated carbocycles. The fraction of sp³-hybridized carbons (Fsp3) is 0.100. The molecule has 1 N–H and O–H groups in total. The van der Waals surface area contributed by atoms with Crippen molar-refractivity contribution >= 4 is 29.0 Å². The van der Waals surface area contributed by atoms with Crippen LogP contribution in [0.5, 0.6) is 5.75 Å². The molecule has 132 valence electrons. The monoisotopic (exact) mass is 368 g/mol. The van der Waals surface area contributed by atoms with E-state index in [4.69, 9.17) is 4.74 Å². The van der Waals surface area contributed by atoms with Gasteiger partial charge in [-0.05, 0) is 37.3 Å². The minimum Gasteiger partial charge on any atom is -0.487 e. The lowest BCUT2D eigenvalue weighted by atomic mass is 10.2. The zero-order valence-electron chi connectivity index (χ0n) is 14.1. The molecular weight excluding hydrogens is 351 g/mol. The molecule has 0 fully saturated rings. The van der Waals surface area contributed by atoms with Gasteiger partial charge >= 0.3 is 0 Å². The van der Waals surface area contributed by atoms with Crippen LogP contribution in [0.15, 0.2) is 60.0 Å². The van der Waals surface area contributed by atoms with Crippen LogP contribution < -0.4 is 10.1 Å². The second-order valence-electron chi connectivity index (χ2n) is 5.52. The van der Waals surface area contributed by atoms with Crippen LogP contribution in [-0.2, 0) is 11.4 Å². The number of hydrogen-bond acceptors (Lipinski definition) is 4. The molecule has 26 heavy (non-hydrogen) atoms. The lowest BCUT2D eigenvalue weighted by molar-refractivity contribution is -0.111. The van der Waals surface area contributed by atoms with E-state index in [1.165, 1.54) is 24.3 Å². The molecule has 0 atom stereocenters. The van der Waals surface area contributed by atoms with Crippen LogP contribution in [0.25, 0.3) is 6.08 Å². The number of aryl methyl sites for hydroxylation is 1. The van der Waals surface area contributed by atoms with E-state index in [9.17, 15) is 9.18 Å². The Labute approximate surface area is 155 Å². The smallest absolute Gasteiger partial charge is 0.248 e. The predicted molar refractivity (Wildman–Crippen MR) is 102 cm³/mol. The van der Waals surface area contributed by atoms with Crippen molar-refractivity contribution in [3.05, 3.63) is 82.1 Å². The quantitative estimate of drug-likeness (QED) is 0.635. The van der Waals surface area contributed by atoms with Gasteiger partial charge in [0.2, 0.25) is 5.91 Å². The Kier molecular flexibility index (Phi) is 5.76. The summed E-state index contributed by atoms with van der Waals surface area (Å²) in [5.41, 5.74) is 2.05. The van der Waals surface area contributed by atoms with Crippen molar-refractivity contribution in [3.63, 3.8) is 0 Å². The fourth-order valence-electron chi connectivity index (χ4n) is 2.29. The zero-order valence-corrected chi connectivity index (χ0v) is 14.9. The summed E-state index contributed by atoms with van der Waals surface area (Å²) >= 11 is 1.58. The molecule has 0 aliphatic rings. The second-order valence-corrected chi connectivity index (χ2v) is 6.58. The normalized spacial score (nSPS) is 10.8. The van der Waals surface area contributed by atoms with Crippen LogP contribution in [0.4, 0.5) is 10.1 Å². The summed E-state index contributed by atoms with van der Waals surface area (Å²) in [4.78, 5) is 16.4. The molecule has 0 aliphatic carbocycles. The van der Waals surface area contributed by atoms with Crippen LogP contribution in [-0.4, -0.2) is 10.9 Å². The van der Waals surface area contributed by atoms with Crippen LogP contribution in [0, 0.1) is 12.7 Å². The summed E-state index contributed by atoms with van der Waals surface area (Å²) in [6, 6.07) is 13.2. The van der Waals surface area contributed by atoms with Crippen molar-refractivity contribution in [3.8, 4) is 5.75 Å². The van der Waals surface area contributed by atoms with E-state index in [-0.39, 0.29) is 5.91 Å². The van der Waals surface area contributed by atoms with Gasteiger partial charge in [-0.1, -0.05) is 24.3 Å². The number of para-hydroxylation sites is 1. The maximum absolute atomic E-state index is 13.2. The van der Waals surface area contributed by atoms with Crippen molar-refractivity contribution in [2.45, 2.75) is 13.5 Å². The van der Waals surface area contributed by atoms with Gasteiger partial charge in [0.25, 0.3) is 0 Å². The largest absolute Gasteiger partial charge is 0.487 e. The number of aromatic nitrogens is 1. The Hall–Kier alpha value is -2.99. The molecule has 6 heteroatoms. The van der Waals surface area contributed by atoms with Gasteiger partial charge in [-0.3, -0.25) is 4.79 Å². The van der Waals surface area contributed by atoms with Crippen molar-refractivity contribution in [1.29, 1.82) is 0 Å². The average molecular weight is 368 g/mol. The number of rotatable bonds is 6. The third-order valence-corrected chi connectivity index (χ3v) is 4.29. The molecule has 4 nitrogen and oxygen atoms in total. The Morgan fingerprint density at radius 1 is 1.27 bits per heavy atom. The number of halogens is 1. The first-order valence-corrected chi connectivity index (χ1v) is 8.85. The highest BCUT2D eigenvalue weighted by molar-refractivity contribution is 7.09. The van der Waals surface area contributed by atoms with E-state index in [0.717, 1.165) is 16.3 Å². The molecule has 1 heterocycles. The molecule has 0 spiro atoms. The number of ether oxygens (including phenoxy) is 1. The average Bonchev–Trinajstić information content (AvgIpc) is 3.04. The molecule has 1 amide bonds. The molecule has 3 rings (SSSR count). The maximum Gasteiger partial charge on any atom is 0.248 e. The number of benzene rings is 2. The molecule has 0 saturated heterocycles. The molecule has 1 aromatic heterocycles. The first kappa shape index (κ1) is 17.8. The van der Waals surface area contributed by atoms with E-state index in [2.05, 4.69) is 10.3 Å². The summed E-state index contributed by atoms with van der Waals surface area (Å²) in [6.45, 7) is 2.31. The molecule has 3 aromatic rings. The Balaban J connectivity index is 1.65. The maximum atomic E-state index is 13.2. The van der Waals surface area contributed by atoms with E-state index < -0.39 is 5.82 Å². The third kappa shape index (κ3) is 5.00. The van der Waals surface area contributed by atoms with Gasteiger partial charge in [-0.15, -0.1) is 11.3 Å². The van der Waals surface area contributed by atoms with Gasteiger partial charge in [-0.2, -0.15) is 0 Å². The Morgan fingerprint density at radius 2 is 2.12 bits per heavy atom. The second kappa shape index (κ2) is 8.40. The van der Waals surface area contributed by atoms with E-state index in [1.54, 1.807) is 23.5 Å². The lowest BCUT2D eigenvalue weighted by Crippen LogP contribution is -2.07. The summed E-state index contributed by atoms with van der Waals surface area (Å²) in [6.07, 6.45) is 3.05. The SMILES string of the molecule is Cc1nc(COc2ccccc2/C=C/C(=O)Nc2cccc(F)c2)cs1. The number of nitrogens with one attached hydrogen (secondary N) is 1. The predicted octanol–water partition coefficient (Wildman–Crippen LogP) is 4.82. The van der Waals surface area contributed by atoms with Crippen LogP contribution in [0.2, 0.25) is 0 Å². The summed E-state index contributed by atoms with van der Waals surface area (Å²) in [5, 5.41) is 5.57. The molecule has 0 bridgehead atoms. The van der Waals surface area contributed by atoms with Crippen LogP contribution in [0.3, 0.4) is 0 Å².